The molecule has 1 aromatic rings. The minimum atomic E-state index is -0.544. The molecule has 0 bridgehead atoms. The Morgan fingerprint density at radius 2 is 1.95 bits per heavy atom. The maximum absolute atomic E-state index is 5.87. The van der Waals surface area contributed by atoms with Crippen molar-refractivity contribution in [3.63, 3.8) is 0 Å². The van der Waals surface area contributed by atoms with Gasteiger partial charge in [-0.3, -0.25) is 0 Å². The maximum atomic E-state index is 5.87. The zero-order chi connectivity index (χ0) is 13.3. The molecule has 2 heterocycles. The molecule has 4 nitrogen and oxygen atoms in total. The van der Waals surface area contributed by atoms with E-state index >= 15 is 0 Å². The molecule has 0 aliphatic carbocycles. The van der Waals surface area contributed by atoms with E-state index in [1.807, 2.05) is 32.0 Å². The molecule has 0 saturated carbocycles. The van der Waals surface area contributed by atoms with Gasteiger partial charge in [-0.05, 0) is 19.4 Å². The van der Waals surface area contributed by atoms with Crippen molar-refractivity contribution in [2.75, 3.05) is 13.2 Å². The third-order valence-corrected chi connectivity index (χ3v) is 3.34. The van der Waals surface area contributed by atoms with Crippen molar-refractivity contribution >= 4 is 0 Å². The van der Waals surface area contributed by atoms with Crippen LogP contribution >= 0.6 is 0 Å². The lowest BCUT2D eigenvalue weighted by Gasteiger charge is -2.16. The predicted octanol–water partition coefficient (Wildman–Crippen LogP) is 2.12. The summed E-state index contributed by atoms with van der Waals surface area (Å²) in [5, 5.41) is 0. The summed E-state index contributed by atoms with van der Waals surface area (Å²) in [5.74, 6) is -0.544. The number of hydrogen-bond acceptors (Lipinski definition) is 4. The molecule has 3 atom stereocenters. The molecule has 1 aromatic carbocycles. The van der Waals surface area contributed by atoms with Crippen LogP contribution in [0.15, 0.2) is 30.3 Å². The van der Waals surface area contributed by atoms with E-state index in [9.17, 15) is 0 Å². The molecule has 0 spiro atoms. The van der Waals surface area contributed by atoms with Crippen molar-refractivity contribution in [3.05, 3.63) is 35.9 Å². The number of rotatable bonds is 5. The first-order valence-electron chi connectivity index (χ1n) is 6.73. The Bertz CT molecular complexity index is 413. The highest BCUT2D eigenvalue weighted by Gasteiger charge is 2.49. The molecule has 2 fully saturated rings. The Kier molecular flexibility index (Phi) is 3.58. The molecule has 0 amide bonds. The highest BCUT2D eigenvalue weighted by molar-refractivity contribution is 5.13. The van der Waals surface area contributed by atoms with Gasteiger partial charge in [0.1, 0.15) is 18.3 Å². The fourth-order valence-electron chi connectivity index (χ4n) is 2.42. The molecule has 3 rings (SSSR count). The smallest absolute Gasteiger partial charge is 0.164 e. The third kappa shape index (κ3) is 3.34. The molecule has 2 aliphatic rings. The molecule has 4 heteroatoms. The van der Waals surface area contributed by atoms with Crippen LogP contribution in [0.3, 0.4) is 0 Å². The summed E-state index contributed by atoms with van der Waals surface area (Å²) in [6.45, 7) is 5.75. The van der Waals surface area contributed by atoms with E-state index in [1.54, 1.807) is 0 Å². The Balaban J connectivity index is 1.51. The van der Waals surface area contributed by atoms with Gasteiger partial charge in [-0.25, -0.2) is 0 Å². The monoisotopic (exact) mass is 264 g/mol. The molecular weight excluding hydrogens is 244 g/mol. The van der Waals surface area contributed by atoms with Gasteiger partial charge < -0.3 is 18.9 Å². The van der Waals surface area contributed by atoms with E-state index in [-0.39, 0.29) is 18.3 Å². The molecule has 19 heavy (non-hydrogen) atoms. The number of benzene rings is 1. The lowest BCUT2D eigenvalue weighted by molar-refractivity contribution is -0.152. The van der Waals surface area contributed by atoms with Crippen molar-refractivity contribution in [3.8, 4) is 0 Å². The highest BCUT2D eigenvalue weighted by Crippen LogP contribution is 2.34. The molecule has 0 unspecified atom stereocenters. The standard InChI is InChI=1S/C15H20O4/c1-15(2)18-13(14(19-15)12-10-17-12)9-16-8-11-6-4-3-5-7-11/h3-7,12-14H,8-10H2,1-2H3/t12-,13+,14+/m0/s1. The van der Waals surface area contributed by atoms with Crippen LogP contribution in [0.2, 0.25) is 0 Å². The van der Waals surface area contributed by atoms with Crippen LogP contribution in [-0.2, 0) is 25.6 Å². The van der Waals surface area contributed by atoms with Gasteiger partial charge in [0.15, 0.2) is 5.79 Å². The van der Waals surface area contributed by atoms with Crippen LogP contribution in [0.25, 0.3) is 0 Å². The van der Waals surface area contributed by atoms with Gasteiger partial charge in [0.05, 0.1) is 19.8 Å². The minimum absolute atomic E-state index is 0.00854. The van der Waals surface area contributed by atoms with E-state index in [0.29, 0.717) is 13.2 Å². The van der Waals surface area contributed by atoms with Crippen LogP contribution < -0.4 is 0 Å². The van der Waals surface area contributed by atoms with E-state index in [4.69, 9.17) is 18.9 Å². The average molecular weight is 264 g/mol. The summed E-state index contributed by atoms with van der Waals surface area (Å²) in [5.41, 5.74) is 1.17. The fraction of sp³-hybridized carbons (Fsp3) is 0.600. The Hall–Kier alpha value is -0.940. The zero-order valence-electron chi connectivity index (χ0n) is 11.4. The van der Waals surface area contributed by atoms with Crippen molar-refractivity contribution in [1.29, 1.82) is 0 Å². The van der Waals surface area contributed by atoms with Crippen molar-refractivity contribution in [2.24, 2.45) is 0 Å². The Morgan fingerprint density at radius 1 is 1.21 bits per heavy atom. The molecule has 0 radical (unpaired) electrons. The molecular formula is C15H20O4. The second-order valence-electron chi connectivity index (χ2n) is 5.51. The Morgan fingerprint density at radius 3 is 2.63 bits per heavy atom. The van der Waals surface area contributed by atoms with Crippen LogP contribution in [0.1, 0.15) is 19.4 Å². The third-order valence-electron chi connectivity index (χ3n) is 3.34. The van der Waals surface area contributed by atoms with Crippen LogP contribution in [0, 0.1) is 0 Å². The van der Waals surface area contributed by atoms with Crippen LogP contribution in [0.5, 0.6) is 0 Å². The van der Waals surface area contributed by atoms with Gasteiger partial charge in [0, 0.05) is 0 Å². The van der Waals surface area contributed by atoms with Gasteiger partial charge in [0.25, 0.3) is 0 Å². The van der Waals surface area contributed by atoms with E-state index in [0.717, 1.165) is 6.61 Å². The van der Waals surface area contributed by atoms with Crippen molar-refractivity contribution in [1.82, 2.24) is 0 Å². The van der Waals surface area contributed by atoms with Gasteiger partial charge in [0.2, 0.25) is 0 Å². The van der Waals surface area contributed by atoms with E-state index in [2.05, 4.69) is 12.1 Å². The van der Waals surface area contributed by atoms with Crippen molar-refractivity contribution < 1.29 is 18.9 Å². The first-order valence-corrected chi connectivity index (χ1v) is 6.73. The predicted molar refractivity (Wildman–Crippen MR) is 69.7 cm³/mol. The van der Waals surface area contributed by atoms with Crippen LogP contribution in [0.4, 0.5) is 0 Å². The average Bonchev–Trinajstić information content (AvgIpc) is 3.16. The Labute approximate surface area is 113 Å². The lowest BCUT2D eigenvalue weighted by atomic mass is 10.1. The van der Waals surface area contributed by atoms with Gasteiger partial charge in [-0.1, -0.05) is 30.3 Å². The van der Waals surface area contributed by atoms with E-state index in [1.165, 1.54) is 5.56 Å². The topological polar surface area (TPSA) is 40.2 Å². The maximum Gasteiger partial charge on any atom is 0.164 e. The zero-order valence-corrected chi connectivity index (χ0v) is 11.4. The number of hydrogen-bond donors (Lipinski definition) is 0. The second kappa shape index (κ2) is 5.21. The first-order chi connectivity index (χ1) is 9.14. The summed E-state index contributed by atoms with van der Waals surface area (Å²) < 4.78 is 22.8. The van der Waals surface area contributed by atoms with E-state index < -0.39 is 5.79 Å². The normalized spacial score (nSPS) is 32.4. The number of ether oxygens (including phenoxy) is 4. The molecule has 0 N–H and O–H groups in total. The molecule has 2 aliphatic heterocycles. The van der Waals surface area contributed by atoms with Crippen molar-refractivity contribution in [2.45, 2.75) is 44.6 Å². The summed E-state index contributed by atoms with van der Waals surface area (Å²) in [7, 11) is 0. The molecule has 2 saturated heterocycles. The fourth-order valence-corrected chi connectivity index (χ4v) is 2.42. The summed E-state index contributed by atoms with van der Waals surface area (Å²) in [4.78, 5) is 0. The number of epoxide rings is 1. The summed E-state index contributed by atoms with van der Waals surface area (Å²) in [6, 6.07) is 10.1. The highest BCUT2D eigenvalue weighted by atomic mass is 16.8. The SMILES string of the molecule is CC1(C)O[C@H]([C@@H]2CO2)[C@@H](COCc2ccccc2)O1. The first kappa shape index (κ1) is 13.1. The molecule has 0 aromatic heterocycles. The summed E-state index contributed by atoms with van der Waals surface area (Å²) >= 11 is 0. The molecule has 104 valence electrons. The lowest BCUT2D eigenvalue weighted by Crippen LogP contribution is -2.32. The quantitative estimate of drug-likeness (QED) is 0.764. The van der Waals surface area contributed by atoms with Gasteiger partial charge >= 0.3 is 0 Å². The minimum Gasteiger partial charge on any atom is -0.374 e. The summed E-state index contributed by atoms with van der Waals surface area (Å²) in [6.07, 6.45) is 0.115. The van der Waals surface area contributed by atoms with Gasteiger partial charge in [-0.2, -0.15) is 0 Å². The van der Waals surface area contributed by atoms with Crippen LogP contribution in [-0.4, -0.2) is 37.3 Å². The second-order valence-corrected chi connectivity index (χ2v) is 5.51. The van der Waals surface area contributed by atoms with Gasteiger partial charge in [-0.15, -0.1) is 0 Å². The largest absolute Gasteiger partial charge is 0.374 e.